The number of ether oxygens (including phenoxy) is 1. The van der Waals surface area contributed by atoms with E-state index in [1.807, 2.05) is 6.92 Å². The molecule has 0 aliphatic carbocycles. The predicted octanol–water partition coefficient (Wildman–Crippen LogP) is 0.562. The molecular weight excluding hydrogens is 170 g/mol. The molecule has 13 heavy (non-hydrogen) atoms. The van der Waals surface area contributed by atoms with E-state index in [0.717, 1.165) is 12.8 Å². The number of carbonyl (C=O) groups excluding carboxylic acids is 2. The summed E-state index contributed by atoms with van der Waals surface area (Å²) >= 11 is 0. The van der Waals surface area contributed by atoms with Crippen LogP contribution in [-0.2, 0) is 14.3 Å². The zero-order chi connectivity index (χ0) is 9.68. The summed E-state index contributed by atoms with van der Waals surface area (Å²) in [5.74, 6) is -0.242. The fourth-order valence-corrected chi connectivity index (χ4v) is 1.06. The summed E-state index contributed by atoms with van der Waals surface area (Å²) in [5.41, 5.74) is 0. The molecule has 1 rings (SSSR count). The van der Waals surface area contributed by atoms with Gasteiger partial charge in [0.25, 0.3) is 0 Å². The maximum absolute atomic E-state index is 11.1. The summed E-state index contributed by atoms with van der Waals surface area (Å²) in [4.78, 5) is 23.4. The van der Waals surface area contributed by atoms with Gasteiger partial charge in [-0.15, -0.1) is 0 Å². The van der Waals surface area contributed by atoms with Crippen LogP contribution in [0.4, 0.5) is 0 Å². The molecule has 0 aromatic heterocycles. The van der Waals surface area contributed by atoms with Gasteiger partial charge in [0.05, 0.1) is 6.61 Å². The van der Waals surface area contributed by atoms with E-state index in [1.165, 1.54) is 4.90 Å². The SMILES string of the molecule is CCCCOC(=O)CN1CCC1=O. The number of hydrogen-bond acceptors (Lipinski definition) is 3. The lowest BCUT2D eigenvalue weighted by molar-refractivity contribution is -0.153. The van der Waals surface area contributed by atoms with E-state index in [2.05, 4.69) is 0 Å². The van der Waals surface area contributed by atoms with Crippen molar-refractivity contribution in [3.8, 4) is 0 Å². The fraction of sp³-hybridized carbons (Fsp3) is 0.778. The molecule has 0 radical (unpaired) electrons. The molecule has 1 fully saturated rings. The molecule has 74 valence electrons. The van der Waals surface area contributed by atoms with Crippen LogP contribution in [0.2, 0.25) is 0 Å². The zero-order valence-electron chi connectivity index (χ0n) is 7.91. The van der Waals surface area contributed by atoms with Gasteiger partial charge >= 0.3 is 5.97 Å². The number of likely N-dealkylation sites (tertiary alicyclic amines) is 1. The molecule has 0 bridgehead atoms. The van der Waals surface area contributed by atoms with Gasteiger partial charge in [-0.2, -0.15) is 0 Å². The van der Waals surface area contributed by atoms with Crippen molar-refractivity contribution in [1.29, 1.82) is 0 Å². The molecule has 0 unspecified atom stereocenters. The summed E-state index contributed by atoms with van der Waals surface area (Å²) < 4.78 is 4.90. The highest BCUT2D eigenvalue weighted by molar-refractivity contribution is 5.86. The number of rotatable bonds is 5. The minimum Gasteiger partial charge on any atom is -0.464 e. The Hall–Kier alpha value is -1.06. The third kappa shape index (κ3) is 3.05. The molecule has 4 nitrogen and oxygen atoms in total. The molecule has 0 atom stereocenters. The molecule has 0 aromatic rings. The van der Waals surface area contributed by atoms with Gasteiger partial charge in [0.15, 0.2) is 0 Å². The maximum Gasteiger partial charge on any atom is 0.325 e. The van der Waals surface area contributed by atoms with Crippen LogP contribution in [0.5, 0.6) is 0 Å². The molecule has 1 aliphatic heterocycles. The first-order chi connectivity index (χ1) is 6.24. The Morgan fingerprint density at radius 3 is 2.85 bits per heavy atom. The summed E-state index contributed by atoms with van der Waals surface area (Å²) in [6.07, 6.45) is 2.47. The molecule has 1 aliphatic rings. The number of β-lactam (4-membered cyclic amide) rings is 1. The van der Waals surface area contributed by atoms with Crippen molar-refractivity contribution < 1.29 is 14.3 Å². The molecule has 0 aromatic carbocycles. The number of esters is 1. The highest BCUT2D eigenvalue weighted by Gasteiger charge is 2.25. The van der Waals surface area contributed by atoms with Crippen LogP contribution in [0.25, 0.3) is 0 Å². The van der Waals surface area contributed by atoms with Gasteiger partial charge in [-0.1, -0.05) is 13.3 Å². The third-order valence-electron chi connectivity index (χ3n) is 2.03. The van der Waals surface area contributed by atoms with Crippen LogP contribution >= 0.6 is 0 Å². The molecule has 0 saturated carbocycles. The summed E-state index contributed by atoms with van der Waals surface area (Å²) in [6.45, 7) is 3.33. The summed E-state index contributed by atoms with van der Waals surface area (Å²) in [5, 5.41) is 0. The first-order valence-electron chi connectivity index (χ1n) is 4.67. The lowest BCUT2D eigenvalue weighted by Crippen LogP contribution is -2.46. The Morgan fingerprint density at radius 1 is 1.62 bits per heavy atom. The van der Waals surface area contributed by atoms with Gasteiger partial charge in [-0.05, 0) is 6.42 Å². The quantitative estimate of drug-likeness (QED) is 0.357. The van der Waals surface area contributed by atoms with Crippen LogP contribution in [0.3, 0.4) is 0 Å². The van der Waals surface area contributed by atoms with E-state index < -0.39 is 0 Å². The molecule has 1 heterocycles. The first kappa shape index (κ1) is 10.0. The van der Waals surface area contributed by atoms with Crippen molar-refractivity contribution in [2.24, 2.45) is 0 Å². The lowest BCUT2D eigenvalue weighted by Gasteiger charge is -2.29. The van der Waals surface area contributed by atoms with Gasteiger partial charge < -0.3 is 9.64 Å². The summed E-state index contributed by atoms with van der Waals surface area (Å²) in [6, 6.07) is 0. The third-order valence-corrected chi connectivity index (χ3v) is 2.03. The monoisotopic (exact) mass is 185 g/mol. The van der Waals surface area contributed by atoms with Gasteiger partial charge in [-0.3, -0.25) is 9.59 Å². The Morgan fingerprint density at radius 2 is 2.38 bits per heavy atom. The van der Waals surface area contributed by atoms with E-state index in [0.29, 0.717) is 19.6 Å². The van der Waals surface area contributed by atoms with E-state index >= 15 is 0 Å². The molecule has 0 spiro atoms. The van der Waals surface area contributed by atoms with E-state index in [9.17, 15) is 9.59 Å². The predicted molar refractivity (Wildman–Crippen MR) is 47.1 cm³/mol. The fourth-order valence-electron chi connectivity index (χ4n) is 1.06. The average Bonchev–Trinajstić information content (AvgIpc) is 2.12. The molecular formula is C9H15NO3. The summed E-state index contributed by atoms with van der Waals surface area (Å²) in [7, 11) is 0. The maximum atomic E-state index is 11.1. The minimum atomic E-state index is -0.290. The number of nitrogens with zero attached hydrogens (tertiary/aromatic N) is 1. The van der Waals surface area contributed by atoms with Crippen LogP contribution in [0, 0.1) is 0 Å². The topological polar surface area (TPSA) is 46.6 Å². The largest absolute Gasteiger partial charge is 0.464 e. The van der Waals surface area contributed by atoms with Crippen molar-refractivity contribution in [3.05, 3.63) is 0 Å². The van der Waals surface area contributed by atoms with Crippen LogP contribution in [0.1, 0.15) is 26.2 Å². The van der Waals surface area contributed by atoms with E-state index in [1.54, 1.807) is 0 Å². The number of hydrogen-bond donors (Lipinski definition) is 0. The molecule has 0 N–H and O–H groups in total. The highest BCUT2D eigenvalue weighted by Crippen LogP contribution is 2.07. The molecule has 4 heteroatoms. The van der Waals surface area contributed by atoms with Crippen molar-refractivity contribution in [2.45, 2.75) is 26.2 Å². The zero-order valence-corrected chi connectivity index (χ0v) is 7.91. The van der Waals surface area contributed by atoms with E-state index in [-0.39, 0.29) is 18.4 Å². The Bertz CT molecular complexity index is 203. The Kier molecular flexibility index (Phi) is 3.73. The second-order valence-corrected chi connectivity index (χ2v) is 3.14. The second-order valence-electron chi connectivity index (χ2n) is 3.14. The number of carbonyl (C=O) groups is 2. The van der Waals surface area contributed by atoms with Crippen LogP contribution < -0.4 is 0 Å². The molecule has 1 saturated heterocycles. The smallest absolute Gasteiger partial charge is 0.325 e. The van der Waals surface area contributed by atoms with E-state index in [4.69, 9.17) is 4.74 Å². The Balaban J connectivity index is 2.07. The van der Waals surface area contributed by atoms with Gasteiger partial charge in [-0.25, -0.2) is 0 Å². The lowest BCUT2D eigenvalue weighted by atomic mass is 10.2. The van der Waals surface area contributed by atoms with Crippen LogP contribution in [0.15, 0.2) is 0 Å². The van der Waals surface area contributed by atoms with Crippen molar-refractivity contribution in [1.82, 2.24) is 4.90 Å². The average molecular weight is 185 g/mol. The van der Waals surface area contributed by atoms with Crippen molar-refractivity contribution >= 4 is 11.9 Å². The second kappa shape index (κ2) is 4.84. The van der Waals surface area contributed by atoms with Gasteiger partial charge in [0, 0.05) is 13.0 Å². The Labute approximate surface area is 77.8 Å². The number of amides is 1. The van der Waals surface area contributed by atoms with Crippen molar-refractivity contribution in [3.63, 3.8) is 0 Å². The highest BCUT2D eigenvalue weighted by atomic mass is 16.5. The van der Waals surface area contributed by atoms with Crippen LogP contribution in [-0.4, -0.2) is 36.5 Å². The number of unbranched alkanes of at least 4 members (excludes halogenated alkanes) is 1. The van der Waals surface area contributed by atoms with Gasteiger partial charge in [0.1, 0.15) is 6.54 Å². The van der Waals surface area contributed by atoms with Gasteiger partial charge in [0.2, 0.25) is 5.91 Å². The first-order valence-corrected chi connectivity index (χ1v) is 4.67. The standard InChI is InChI=1S/C9H15NO3/c1-2-3-6-13-9(12)7-10-5-4-8(10)11/h2-7H2,1H3. The normalized spacial score (nSPS) is 15.5. The minimum absolute atomic E-state index is 0.0486. The van der Waals surface area contributed by atoms with Crippen molar-refractivity contribution in [2.75, 3.05) is 19.7 Å². The molecule has 1 amide bonds.